The Hall–Kier alpha value is -4.22. The maximum Gasteiger partial charge on any atom is 0.185 e. The van der Waals surface area contributed by atoms with Gasteiger partial charge in [-0.2, -0.15) is 10.2 Å². The monoisotopic (exact) mass is 580 g/mol. The number of rotatable bonds is 8. The molecule has 0 unspecified atom stereocenters. The molecule has 2 aromatic rings. The summed E-state index contributed by atoms with van der Waals surface area (Å²) in [5.74, 6) is 1.29. The van der Waals surface area contributed by atoms with Gasteiger partial charge >= 0.3 is 0 Å². The van der Waals surface area contributed by atoms with Crippen LogP contribution >= 0.6 is 0 Å². The average molecular weight is 581 g/mol. The van der Waals surface area contributed by atoms with E-state index in [4.69, 9.17) is 0 Å². The molecule has 0 aromatic carbocycles. The summed E-state index contributed by atoms with van der Waals surface area (Å²) in [6.45, 7) is 19.6. The molecule has 2 aromatic heterocycles. The van der Waals surface area contributed by atoms with Gasteiger partial charge in [-0.05, 0) is 26.0 Å². The van der Waals surface area contributed by atoms with Gasteiger partial charge in [0, 0.05) is 35.6 Å². The number of aliphatic imine (C=N–C) groups is 4. The third kappa shape index (κ3) is 12.1. The van der Waals surface area contributed by atoms with E-state index in [2.05, 4.69) is 40.4 Å². The van der Waals surface area contributed by atoms with Crippen LogP contribution in [0.2, 0.25) is 0 Å². The molecule has 0 aliphatic carbocycles. The maximum absolute atomic E-state index is 11.3. The number of amidine groups is 1. The van der Waals surface area contributed by atoms with Crippen LogP contribution in [0.15, 0.2) is 38.3 Å². The maximum atomic E-state index is 11.3. The van der Waals surface area contributed by atoms with E-state index in [0.717, 1.165) is 5.69 Å². The molecule has 12 nitrogen and oxygen atoms in total. The van der Waals surface area contributed by atoms with Crippen LogP contribution in [0, 0.1) is 30.6 Å². The second-order valence-corrected chi connectivity index (χ2v) is 10.9. The first-order valence-electron chi connectivity index (χ1n) is 14.0. The van der Waals surface area contributed by atoms with E-state index >= 15 is 0 Å². The van der Waals surface area contributed by atoms with Crippen molar-refractivity contribution in [3.63, 3.8) is 0 Å². The van der Waals surface area contributed by atoms with Gasteiger partial charge in [0.2, 0.25) is 0 Å². The minimum atomic E-state index is 0.0256. The smallest absolute Gasteiger partial charge is 0.185 e. The number of Topliss-reactive ketones (excluding diaryl/α,β-unsaturated/α-hetero) is 4. The number of carbonyl (C=O) groups excluding carboxylic acids is 4. The lowest BCUT2D eigenvalue weighted by Crippen LogP contribution is -2.20. The molecule has 0 fully saturated rings. The highest BCUT2D eigenvalue weighted by atomic mass is 16.1. The molecule has 0 atom stereocenters. The van der Waals surface area contributed by atoms with Crippen molar-refractivity contribution < 1.29 is 19.2 Å². The third-order valence-corrected chi connectivity index (χ3v) is 5.68. The van der Waals surface area contributed by atoms with Gasteiger partial charge in [-0.25, -0.2) is 9.98 Å². The van der Waals surface area contributed by atoms with E-state index in [1.807, 2.05) is 62.3 Å². The van der Waals surface area contributed by atoms with E-state index in [1.54, 1.807) is 25.3 Å². The highest BCUT2D eigenvalue weighted by Gasteiger charge is 2.18. The van der Waals surface area contributed by atoms with Crippen LogP contribution in [0.1, 0.15) is 89.0 Å². The first-order valence-corrected chi connectivity index (χ1v) is 14.0. The number of aromatic nitrogens is 4. The molecule has 0 spiro atoms. The number of aromatic amines is 2. The normalized spacial score (nSPS) is 13.4. The van der Waals surface area contributed by atoms with Gasteiger partial charge in [0.25, 0.3) is 0 Å². The Bertz CT molecular complexity index is 1330. The van der Waals surface area contributed by atoms with Crippen molar-refractivity contribution in [2.24, 2.45) is 43.6 Å². The zero-order chi connectivity index (χ0) is 32.0. The van der Waals surface area contributed by atoms with Gasteiger partial charge in [0.1, 0.15) is 35.0 Å². The van der Waals surface area contributed by atoms with Crippen LogP contribution in [-0.4, -0.2) is 80.2 Å². The molecule has 228 valence electrons. The lowest BCUT2D eigenvalue weighted by Gasteiger charge is -2.00. The number of aryl methyl sites for hydroxylation is 1. The first-order chi connectivity index (χ1) is 19.6. The Kier molecular flexibility index (Phi) is 15.0. The topological polar surface area (TPSA) is 175 Å². The van der Waals surface area contributed by atoms with Crippen LogP contribution in [-0.2, 0) is 9.59 Å². The Morgan fingerprint density at radius 1 is 0.738 bits per heavy atom. The van der Waals surface area contributed by atoms with Crippen molar-refractivity contribution >= 4 is 46.7 Å². The van der Waals surface area contributed by atoms with E-state index < -0.39 is 0 Å². The van der Waals surface area contributed by atoms with E-state index in [1.165, 1.54) is 6.34 Å². The average Bonchev–Trinajstić information content (AvgIpc) is 3.76. The quantitative estimate of drug-likeness (QED) is 0.432. The highest BCUT2D eigenvalue weighted by Crippen LogP contribution is 2.06. The summed E-state index contributed by atoms with van der Waals surface area (Å²) in [7, 11) is 0. The Labute approximate surface area is 247 Å². The molecule has 0 amide bonds. The standard InChI is InChI=1S/2C8H12N2O.2C7H10N2O/c1-5(2)8(11)7-4-9-6(3)10-7;1-5(2)8(11)7-4-6(3)9-10-7;1-5(2)7(10)6-3-8-4-9-6;1-5(2)7(10)6-3-4-8-9-6/h5H,4H2,1-3H3;4-5H,1-3H3,(H,9,10);4-5H,3H2,1-2H3;3-5H,1-2H3,(H,8,9). The lowest BCUT2D eigenvalue weighted by atomic mass is 10.1. The van der Waals surface area contributed by atoms with Crippen LogP contribution in [0.5, 0.6) is 0 Å². The second-order valence-electron chi connectivity index (χ2n) is 10.9. The fourth-order valence-corrected chi connectivity index (χ4v) is 3.22. The van der Waals surface area contributed by atoms with Crippen LogP contribution < -0.4 is 0 Å². The highest BCUT2D eigenvalue weighted by molar-refractivity contribution is 6.44. The molecule has 4 heterocycles. The molecule has 4 rings (SSSR count). The molecule has 0 saturated heterocycles. The van der Waals surface area contributed by atoms with Crippen molar-refractivity contribution in [2.45, 2.75) is 69.2 Å². The van der Waals surface area contributed by atoms with Crippen molar-refractivity contribution in [2.75, 3.05) is 13.1 Å². The van der Waals surface area contributed by atoms with E-state index in [0.29, 0.717) is 41.7 Å². The van der Waals surface area contributed by atoms with Crippen LogP contribution in [0.4, 0.5) is 0 Å². The van der Waals surface area contributed by atoms with Gasteiger partial charge < -0.3 is 0 Å². The van der Waals surface area contributed by atoms with Gasteiger partial charge in [-0.1, -0.05) is 55.4 Å². The summed E-state index contributed by atoms with van der Waals surface area (Å²) in [5.41, 5.74) is 3.26. The zero-order valence-electron chi connectivity index (χ0n) is 26.3. The molecule has 42 heavy (non-hydrogen) atoms. The minimum absolute atomic E-state index is 0.0256. The second kappa shape index (κ2) is 17.6. The van der Waals surface area contributed by atoms with Crippen molar-refractivity contribution in [3.8, 4) is 0 Å². The van der Waals surface area contributed by atoms with E-state index in [9.17, 15) is 19.2 Å². The number of H-pyrrole nitrogens is 2. The number of ketones is 4. The Morgan fingerprint density at radius 2 is 1.31 bits per heavy atom. The zero-order valence-corrected chi connectivity index (χ0v) is 26.3. The molecule has 0 radical (unpaired) electrons. The fraction of sp³-hybridized carbons (Fsp3) is 0.533. The molecule has 0 bridgehead atoms. The number of nitrogens with zero attached hydrogens (tertiary/aromatic N) is 6. The minimum Gasteiger partial charge on any atom is -0.292 e. The van der Waals surface area contributed by atoms with Crippen molar-refractivity contribution in [3.05, 3.63) is 35.4 Å². The summed E-state index contributed by atoms with van der Waals surface area (Å²) in [4.78, 5) is 60.5. The summed E-state index contributed by atoms with van der Waals surface area (Å²) < 4.78 is 0. The summed E-state index contributed by atoms with van der Waals surface area (Å²) >= 11 is 0. The van der Waals surface area contributed by atoms with Gasteiger partial charge in [-0.15, -0.1) is 0 Å². The molecule has 0 saturated carbocycles. The SMILES string of the molecule is CC(C)C(=O)C1=NC=NC1.CC(C)C(=O)c1ccn[nH]1.CC1=NCC(C(=O)C(C)C)=N1.Cc1cc(C(=O)C(C)C)n[nH]1. The summed E-state index contributed by atoms with van der Waals surface area (Å²) in [5, 5.41) is 12.9. The predicted octanol–water partition coefficient (Wildman–Crippen LogP) is 4.58. The third-order valence-electron chi connectivity index (χ3n) is 5.68. The molecule has 12 heteroatoms. The van der Waals surface area contributed by atoms with Crippen LogP contribution in [0.3, 0.4) is 0 Å². The van der Waals surface area contributed by atoms with Crippen molar-refractivity contribution in [1.29, 1.82) is 0 Å². The predicted molar refractivity (Wildman–Crippen MR) is 166 cm³/mol. The summed E-state index contributed by atoms with van der Waals surface area (Å²) in [6.07, 6.45) is 3.02. The number of carbonyl (C=O) groups is 4. The first kappa shape index (κ1) is 35.8. The molecule has 2 aliphatic rings. The largest absolute Gasteiger partial charge is 0.292 e. The molecular weight excluding hydrogens is 536 g/mol. The fourth-order valence-electron chi connectivity index (χ4n) is 3.22. The van der Waals surface area contributed by atoms with E-state index in [-0.39, 0.29) is 46.8 Å². The number of hydrogen-bond donors (Lipinski definition) is 2. The number of nitrogens with one attached hydrogen (secondary N) is 2. The Morgan fingerprint density at radius 3 is 1.69 bits per heavy atom. The molecule has 2 aliphatic heterocycles. The lowest BCUT2D eigenvalue weighted by molar-refractivity contribution is -0.116. The van der Waals surface area contributed by atoms with Crippen LogP contribution in [0.25, 0.3) is 0 Å². The summed E-state index contributed by atoms with van der Waals surface area (Å²) in [6, 6.07) is 3.45. The molecule has 2 N–H and O–H groups in total. The molecular formula is C30H44N8O4. The number of hydrogen-bond acceptors (Lipinski definition) is 10. The Balaban J connectivity index is 0.000000280. The van der Waals surface area contributed by atoms with Crippen molar-refractivity contribution in [1.82, 2.24) is 20.4 Å². The van der Waals surface area contributed by atoms with Gasteiger partial charge in [-0.3, -0.25) is 39.4 Å². The van der Waals surface area contributed by atoms with Gasteiger partial charge in [0.15, 0.2) is 23.1 Å². The van der Waals surface area contributed by atoms with Gasteiger partial charge in [0.05, 0.1) is 13.1 Å².